The summed E-state index contributed by atoms with van der Waals surface area (Å²) in [4.78, 5) is 21.3. The minimum absolute atomic E-state index is 0.319. The number of aliphatic carboxylic acids is 1. The molecule has 0 bridgehead atoms. The Labute approximate surface area is 78.5 Å². The van der Waals surface area contributed by atoms with Crippen LogP contribution in [-0.2, 0) is 9.59 Å². The third-order valence-corrected chi connectivity index (χ3v) is 1.76. The van der Waals surface area contributed by atoms with Crippen LogP contribution in [0.25, 0.3) is 0 Å². The second-order valence-electron chi connectivity index (χ2n) is 3.00. The summed E-state index contributed by atoms with van der Waals surface area (Å²) in [5, 5.41) is 8.63. The van der Waals surface area contributed by atoms with Crippen LogP contribution in [-0.4, -0.2) is 16.9 Å². The monoisotopic (exact) mass is 184 g/mol. The fourth-order valence-corrected chi connectivity index (χ4v) is 0.946. The molecule has 3 nitrogen and oxygen atoms in total. The molecule has 0 aromatic carbocycles. The molecule has 0 spiro atoms. The van der Waals surface area contributed by atoms with E-state index in [0.29, 0.717) is 0 Å². The van der Waals surface area contributed by atoms with Gasteiger partial charge >= 0.3 is 5.97 Å². The van der Waals surface area contributed by atoms with Gasteiger partial charge in [-0.2, -0.15) is 0 Å². The van der Waals surface area contributed by atoms with Crippen molar-refractivity contribution in [2.24, 2.45) is 5.92 Å². The number of carbonyl (C=O) groups is 2. The summed E-state index contributed by atoms with van der Waals surface area (Å²) >= 11 is 0. The molecule has 13 heavy (non-hydrogen) atoms. The number of carbonyl (C=O) groups excluding carboxylic acids is 1. The van der Waals surface area contributed by atoms with Gasteiger partial charge < -0.3 is 5.11 Å². The minimum atomic E-state index is -1.07. The number of Topliss-reactive ketones (excluding diaryl/α,β-unsaturated/α-hetero) is 1. The van der Waals surface area contributed by atoms with Crippen LogP contribution in [0.4, 0.5) is 0 Å². The lowest BCUT2D eigenvalue weighted by atomic mass is 10.0. The standard InChI is InChI=1S/C10H16O3/c1-3-4-5-6-7-9(8(2)11)10(12)13/h6-7,9H,3-5H2,1-2H3,(H,12,13). The van der Waals surface area contributed by atoms with Crippen LogP contribution >= 0.6 is 0 Å². The zero-order valence-corrected chi connectivity index (χ0v) is 8.12. The molecule has 0 aromatic rings. The second kappa shape index (κ2) is 6.40. The van der Waals surface area contributed by atoms with Crippen molar-refractivity contribution in [3.8, 4) is 0 Å². The molecule has 0 rings (SSSR count). The first-order chi connectivity index (χ1) is 6.09. The second-order valence-corrected chi connectivity index (χ2v) is 3.00. The highest BCUT2D eigenvalue weighted by Crippen LogP contribution is 2.03. The molecule has 0 aliphatic carbocycles. The van der Waals surface area contributed by atoms with E-state index >= 15 is 0 Å². The van der Waals surface area contributed by atoms with Crippen LogP contribution in [0.5, 0.6) is 0 Å². The van der Waals surface area contributed by atoms with E-state index in [2.05, 4.69) is 6.92 Å². The topological polar surface area (TPSA) is 54.4 Å². The molecule has 1 N–H and O–H groups in total. The van der Waals surface area contributed by atoms with Crippen molar-refractivity contribution in [2.45, 2.75) is 33.1 Å². The van der Waals surface area contributed by atoms with E-state index in [1.807, 2.05) is 0 Å². The van der Waals surface area contributed by atoms with Crippen molar-refractivity contribution in [3.63, 3.8) is 0 Å². The van der Waals surface area contributed by atoms with Gasteiger partial charge in [-0.1, -0.05) is 31.9 Å². The van der Waals surface area contributed by atoms with Gasteiger partial charge in [0.15, 0.2) is 0 Å². The van der Waals surface area contributed by atoms with E-state index in [9.17, 15) is 9.59 Å². The van der Waals surface area contributed by atoms with E-state index in [1.165, 1.54) is 13.0 Å². The van der Waals surface area contributed by atoms with Crippen LogP contribution in [0.3, 0.4) is 0 Å². The summed E-state index contributed by atoms with van der Waals surface area (Å²) in [5.41, 5.74) is 0. The Morgan fingerprint density at radius 3 is 2.46 bits per heavy atom. The first-order valence-corrected chi connectivity index (χ1v) is 4.49. The maximum atomic E-state index is 10.8. The number of ketones is 1. The lowest BCUT2D eigenvalue weighted by Gasteiger charge is -2.00. The Hall–Kier alpha value is -1.12. The van der Waals surface area contributed by atoms with Crippen LogP contribution in [0.2, 0.25) is 0 Å². The van der Waals surface area contributed by atoms with Gasteiger partial charge in [0, 0.05) is 0 Å². The van der Waals surface area contributed by atoms with Gasteiger partial charge in [-0.3, -0.25) is 9.59 Å². The van der Waals surface area contributed by atoms with E-state index in [-0.39, 0.29) is 5.78 Å². The predicted octanol–water partition coefficient (Wildman–Crippen LogP) is 2.02. The van der Waals surface area contributed by atoms with Crippen molar-refractivity contribution in [1.82, 2.24) is 0 Å². The molecule has 0 fully saturated rings. The Bertz CT molecular complexity index is 192. The molecule has 74 valence electrons. The zero-order chi connectivity index (χ0) is 10.3. The number of carboxylic acid groups (broad SMARTS) is 1. The first-order valence-electron chi connectivity index (χ1n) is 4.49. The average Bonchev–Trinajstić information content (AvgIpc) is 2.02. The average molecular weight is 184 g/mol. The molecule has 0 amide bonds. The lowest BCUT2D eigenvalue weighted by Crippen LogP contribution is -2.18. The maximum Gasteiger partial charge on any atom is 0.317 e. The highest BCUT2D eigenvalue weighted by atomic mass is 16.4. The Kier molecular flexibility index (Phi) is 5.85. The third kappa shape index (κ3) is 5.17. The molecule has 1 unspecified atom stereocenters. The van der Waals surface area contributed by atoms with Crippen molar-refractivity contribution in [1.29, 1.82) is 0 Å². The summed E-state index contributed by atoms with van der Waals surface area (Å²) in [6.07, 6.45) is 6.18. The van der Waals surface area contributed by atoms with Crippen LogP contribution in [0.15, 0.2) is 12.2 Å². The molecule has 1 atom stereocenters. The summed E-state index contributed by atoms with van der Waals surface area (Å²) in [6, 6.07) is 0. The van der Waals surface area contributed by atoms with Crippen molar-refractivity contribution in [2.75, 3.05) is 0 Å². The summed E-state index contributed by atoms with van der Waals surface area (Å²) < 4.78 is 0. The van der Waals surface area contributed by atoms with Crippen molar-refractivity contribution < 1.29 is 14.7 Å². The normalized spacial score (nSPS) is 13.1. The number of hydrogen-bond donors (Lipinski definition) is 1. The van der Waals surface area contributed by atoms with Gasteiger partial charge in [-0.05, 0) is 13.3 Å². The molecule has 0 aliphatic heterocycles. The quantitative estimate of drug-likeness (QED) is 0.390. The van der Waals surface area contributed by atoms with Gasteiger partial charge in [-0.25, -0.2) is 0 Å². The highest BCUT2D eigenvalue weighted by molar-refractivity contribution is 5.98. The van der Waals surface area contributed by atoms with Gasteiger partial charge in [0.05, 0.1) is 0 Å². The lowest BCUT2D eigenvalue weighted by molar-refractivity contribution is -0.143. The molecule has 0 heterocycles. The van der Waals surface area contributed by atoms with E-state index in [4.69, 9.17) is 5.11 Å². The highest BCUT2D eigenvalue weighted by Gasteiger charge is 2.18. The van der Waals surface area contributed by atoms with E-state index in [0.717, 1.165) is 19.3 Å². The number of hydrogen-bond acceptors (Lipinski definition) is 2. The number of allylic oxidation sites excluding steroid dienone is 1. The van der Waals surface area contributed by atoms with Gasteiger partial charge in [-0.15, -0.1) is 0 Å². The molecular weight excluding hydrogens is 168 g/mol. The van der Waals surface area contributed by atoms with Crippen molar-refractivity contribution in [3.05, 3.63) is 12.2 Å². The molecule has 3 heteroatoms. The van der Waals surface area contributed by atoms with E-state index in [1.54, 1.807) is 6.08 Å². The first kappa shape index (κ1) is 11.9. The summed E-state index contributed by atoms with van der Waals surface area (Å²) in [6.45, 7) is 3.36. The van der Waals surface area contributed by atoms with Crippen molar-refractivity contribution >= 4 is 11.8 Å². The SMILES string of the molecule is CCCCC=CC(C(C)=O)C(=O)O. The maximum absolute atomic E-state index is 10.8. The van der Waals surface area contributed by atoms with Gasteiger partial charge in [0.25, 0.3) is 0 Å². The summed E-state index contributed by atoms with van der Waals surface area (Å²) in [7, 11) is 0. The van der Waals surface area contributed by atoms with Gasteiger partial charge in [0.1, 0.15) is 11.7 Å². The Balaban J connectivity index is 4.03. The molecule has 0 aromatic heterocycles. The summed E-state index contributed by atoms with van der Waals surface area (Å²) in [5.74, 6) is -2.35. The van der Waals surface area contributed by atoms with Crippen LogP contribution in [0.1, 0.15) is 33.1 Å². The number of rotatable bonds is 6. The largest absolute Gasteiger partial charge is 0.480 e. The molecule has 0 radical (unpaired) electrons. The Morgan fingerprint density at radius 2 is 2.08 bits per heavy atom. The molecular formula is C10H16O3. The van der Waals surface area contributed by atoms with Crippen LogP contribution in [0, 0.1) is 5.92 Å². The van der Waals surface area contributed by atoms with Crippen LogP contribution < -0.4 is 0 Å². The molecule has 0 saturated heterocycles. The molecule has 0 aliphatic rings. The smallest absolute Gasteiger partial charge is 0.317 e. The zero-order valence-electron chi connectivity index (χ0n) is 8.12. The fraction of sp³-hybridized carbons (Fsp3) is 0.600. The van der Waals surface area contributed by atoms with E-state index < -0.39 is 11.9 Å². The van der Waals surface area contributed by atoms with Gasteiger partial charge in [0.2, 0.25) is 0 Å². The Morgan fingerprint density at radius 1 is 1.46 bits per heavy atom. The number of carboxylic acids is 1. The fourth-order valence-electron chi connectivity index (χ4n) is 0.946. The third-order valence-electron chi connectivity index (χ3n) is 1.76. The number of unbranched alkanes of at least 4 members (excludes halogenated alkanes) is 2. The minimum Gasteiger partial charge on any atom is -0.480 e. The predicted molar refractivity (Wildman–Crippen MR) is 50.5 cm³/mol. The molecule has 0 saturated carbocycles.